The molecule has 0 aliphatic carbocycles. The smallest absolute Gasteiger partial charge is 0.234 e. The minimum absolute atomic E-state index is 0.0737. The second-order valence-corrected chi connectivity index (χ2v) is 6.26. The average Bonchev–Trinajstić information content (AvgIpc) is 2.44. The fraction of sp³-hybridized carbons (Fsp3) is 0.533. The van der Waals surface area contributed by atoms with Crippen LogP contribution in [0.15, 0.2) is 18.2 Å². The third kappa shape index (κ3) is 5.47. The number of amides is 1. The number of carbonyl (C=O) groups excluding carboxylic acids is 1. The van der Waals surface area contributed by atoms with Gasteiger partial charge in [-0.15, -0.1) is 0 Å². The zero-order valence-corrected chi connectivity index (χ0v) is 13.8. The highest BCUT2D eigenvalue weighted by Crippen LogP contribution is 2.20. The van der Waals surface area contributed by atoms with E-state index in [1.807, 2.05) is 12.1 Å². The second-order valence-electron chi connectivity index (χ2n) is 5.42. The Hall–Kier alpha value is -0.810. The predicted molar refractivity (Wildman–Crippen MR) is 87.1 cm³/mol. The van der Waals surface area contributed by atoms with Gasteiger partial charge < -0.3 is 10.2 Å². The average molecular weight is 330 g/mol. The highest BCUT2D eigenvalue weighted by molar-refractivity contribution is 6.35. The zero-order valence-electron chi connectivity index (χ0n) is 12.2. The summed E-state index contributed by atoms with van der Waals surface area (Å²) in [5.74, 6) is 0.0737. The van der Waals surface area contributed by atoms with Crippen LogP contribution in [0.1, 0.15) is 5.56 Å². The summed E-state index contributed by atoms with van der Waals surface area (Å²) in [6.45, 7) is 5.01. The van der Waals surface area contributed by atoms with Crippen molar-refractivity contribution in [2.75, 3.05) is 46.3 Å². The summed E-state index contributed by atoms with van der Waals surface area (Å²) in [7, 11) is 2.10. The van der Waals surface area contributed by atoms with E-state index >= 15 is 0 Å². The highest BCUT2D eigenvalue weighted by Gasteiger charge is 2.16. The number of rotatable bonds is 5. The van der Waals surface area contributed by atoms with Gasteiger partial charge in [0.25, 0.3) is 0 Å². The number of hydrogen-bond donors (Lipinski definition) is 1. The molecule has 1 heterocycles. The van der Waals surface area contributed by atoms with Gasteiger partial charge in [0.2, 0.25) is 5.91 Å². The maximum Gasteiger partial charge on any atom is 0.234 e. The number of halogens is 2. The lowest BCUT2D eigenvalue weighted by Crippen LogP contribution is -2.48. The summed E-state index contributed by atoms with van der Waals surface area (Å²) >= 11 is 12.0. The maximum absolute atomic E-state index is 11.9. The van der Waals surface area contributed by atoms with E-state index in [1.165, 1.54) is 0 Å². The molecule has 1 fully saturated rings. The van der Waals surface area contributed by atoms with Crippen LogP contribution in [0.25, 0.3) is 0 Å². The largest absolute Gasteiger partial charge is 0.355 e. The van der Waals surface area contributed by atoms with Crippen LogP contribution in [0.4, 0.5) is 0 Å². The molecule has 0 aromatic heterocycles. The minimum Gasteiger partial charge on any atom is -0.355 e. The van der Waals surface area contributed by atoms with Crippen molar-refractivity contribution in [3.8, 4) is 0 Å². The Bertz CT molecular complexity index is 488. The monoisotopic (exact) mass is 329 g/mol. The van der Waals surface area contributed by atoms with Crippen molar-refractivity contribution in [2.45, 2.75) is 6.42 Å². The lowest BCUT2D eigenvalue weighted by Gasteiger charge is -2.31. The molecule has 116 valence electrons. The minimum atomic E-state index is 0.0737. The van der Waals surface area contributed by atoms with Gasteiger partial charge in [0.05, 0.1) is 6.54 Å². The number of piperazine rings is 1. The van der Waals surface area contributed by atoms with Crippen LogP contribution < -0.4 is 5.32 Å². The standard InChI is InChI=1S/C15H21Cl2N3O/c1-19-6-8-20(9-7-19)11-15(21)18-5-4-12-2-3-13(16)10-14(12)17/h2-3,10H,4-9,11H2,1H3,(H,18,21). The molecular formula is C15H21Cl2N3O. The van der Waals surface area contributed by atoms with Crippen LogP contribution in [0.2, 0.25) is 10.0 Å². The van der Waals surface area contributed by atoms with Crippen molar-refractivity contribution < 1.29 is 4.79 Å². The summed E-state index contributed by atoms with van der Waals surface area (Å²) in [6, 6.07) is 5.44. The third-order valence-electron chi connectivity index (χ3n) is 3.69. The molecule has 2 rings (SSSR count). The number of benzene rings is 1. The van der Waals surface area contributed by atoms with E-state index in [0.717, 1.165) is 31.7 Å². The molecule has 0 atom stereocenters. The second kappa shape index (κ2) is 7.99. The Labute approximate surface area is 136 Å². The van der Waals surface area contributed by atoms with E-state index in [9.17, 15) is 4.79 Å². The summed E-state index contributed by atoms with van der Waals surface area (Å²) < 4.78 is 0. The van der Waals surface area contributed by atoms with Crippen molar-refractivity contribution in [1.82, 2.24) is 15.1 Å². The molecule has 0 radical (unpaired) electrons. The van der Waals surface area contributed by atoms with Gasteiger partial charge in [0.1, 0.15) is 0 Å². The van der Waals surface area contributed by atoms with Gasteiger partial charge in [-0.25, -0.2) is 0 Å². The summed E-state index contributed by atoms with van der Waals surface area (Å²) in [4.78, 5) is 16.4. The van der Waals surface area contributed by atoms with Gasteiger partial charge in [0.15, 0.2) is 0 Å². The van der Waals surface area contributed by atoms with Crippen molar-refractivity contribution in [1.29, 1.82) is 0 Å². The van der Waals surface area contributed by atoms with Crippen LogP contribution in [-0.4, -0.2) is 62.0 Å². The third-order valence-corrected chi connectivity index (χ3v) is 4.28. The molecule has 1 aliphatic rings. The first-order valence-corrected chi connectivity index (χ1v) is 7.92. The van der Waals surface area contributed by atoms with Crippen LogP contribution in [0.5, 0.6) is 0 Å². The predicted octanol–water partition coefficient (Wildman–Crippen LogP) is 1.90. The fourth-order valence-electron chi connectivity index (χ4n) is 2.33. The number of carbonyl (C=O) groups is 1. The topological polar surface area (TPSA) is 35.6 Å². The molecule has 1 aromatic carbocycles. The van der Waals surface area contributed by atoms with Crippen molar-refractivity contribution in [3.63, 3.8) is 0 Å². The van der Waals surface area contributed by atoms with Crippen LogP contribution >= 0.6 is 23.2 Å². The van der Waals surface area contributed by atoms with E-state index < -0.39 is 0 Å². The zero-order chi connectivity index (χ0) is 15.2. The molecule has 1 aromatic rings. The molecule has 6 heteroatoms. The molecule has 0 unspecified atom stereocenters. The molecule has 21 heavy (non-hydrogen) atoms. The van der Waals surface area contributed by atoms with Crippen molar-refractivity contribution in [3.05, 3.63) is 33.8 Å². The van der Waals surface area contributed by atoms with Gasteiger partial charge in [-0.05, 0) is 31.2 Å². The van der Waals surface area contributed by atoms with Crippen LogP contribution in [-0.2, 0) is 11.2 Å². The Kier molecular flexibility index (Phi) is 6.30. The number of likely N-dealkylation sites (N-methyl/N-ethyl adjacent to an activating group) is 1. The number of nitrogens with one attached hydrogen (secondary N) is 1. The van der Waals surface area contributed by atoms with Gasteiger partial charge in [-0.2, -0.15) is 0 Å². The van der Waals surface area contributed by atoms with Gasteiger partial charge >= 0.3 is 0 Å². The van der Waals surface area contributed by atoms with Gasteiger partial charge in [-0.1, -0.05) is 29.3 Å². The SMILES string of the molecule is CN1CCN(CC(=O)NCCc2ccc(Cl)cc2Cl)CC1. The summed E-state index contributed by atoms with van der Waals surface area (Å²) in [6.07, 6.45) is 0.713. The molecule has 0 bridgehead atoms. The Morgan fingerprint density at radius 3 is 2.62 bits per heavy atom. The highest BCUT2D eigenvalue weighted by atomic mass is 35.5. The molecule has 1 aliphatic heterocycles. The lowest BCUT2D eigenvalue weighted by molar-refractivity contribution is -0.122. The van der Waals surface area contributed by atoms with Crippen LogP contribution in [0.3, 0.4) is 0 Å². The van der Waals surface area contributed by atoms with E-state index in [4.69, 9.17) is 23.2 Å². The Morgan fingerprint density at radius 1 is 1.24 bits per heavy atom. The quantitative estimate of drug-likeness (QED) is 0.896. The first kappa shape index (κ1) is 16.6. The Morgan fingerprint density at radius 2 is 1.95 bits per heavy atom. The molecule has 1 amide bonds. The van der Waals surface area contributed by atoms with E-state index in [2.05, 4.69) is 22.2 Å². The summed E-state index contributed by atoms with van der Waals surface area (Å²) in [5, 5.41) is 4.22. The van der Waals surface area contributed by atoms with Crippen molar-refractivity contribution >= 4 is 29.1 Å². The van der Waals surface area contributed by atoms with E-state index in [-0.39, 0.29) is 5.91 Å². The Balaban J connectivity index is 1.69. The molecule has 0 saturated carbocycles. The molecule has 0 spiro atoms. The molecular weight excluding hydrogens is 309 g/mol. The maximum atomic E-state index is 11.9. The van der Waals surface area contributed by atoms with Gasteiger partial charge in [-0.3, -0.25) is 9.69 Å². The van der Waals surface area contributed by atoms with E-state index in [0.29, 0.717) is 29.6 Å². The molecule has 4 nitrogen and oxygen atoms in total. The fourth-order valence-corrected chi connectivity index (χ4v) is 2.83. The number of nitrogens with zero attached hydrogens (tertiary/aromatic N) is 2. The first-order valence-electron chi connectivity index (χ1n) is 7.16. The van der Waals surface area contributed by atoms with Crippen LogP contribution in [0, 0.1) is 0 Å². The number of hydrogen-bond acceptors (Lipinski definition) is 3. The lowest BCUT2D eigenvalue weighted by atomic mass is 10.1. The van der Waals surface area contributed by atoms with E-state index in [1.54, 1.807) is 6.07 Å². The van der Waals surface area contributed by atoms with Crippen molar-refractivity contribution in [2.24, 2.45) is 0 Å². The summed E-state index contributed by atoms with van der Waals surface area (Å²) in [5.41, 5.74) is 1.00. The molecule has 1 N–H and O–H groups in total. The first-order chi connectivity index (χ1) is 10.0. The normalized spacial score (nSPS) is 16.9. The molecule has 1 saturated heterocycles. The van der Waals surface area contributed by atoms with Gasteiger partial charge in [0, 0.05) is 42.8 Å².